The molecule has 2 saturated heterocycles. The lowest BCUT2D eigenvalue weighted by atomic mass is 9.93. The van der Waals surface area contributed by atoms with Crippen LogP contribution in [0.15, 0.2) is 0 Å². The van der Waals surface area contributed by atoms with E-state index < -0.39 is 23.5 Å². The smallest absolute Gasteiger partial charge is 0.340 e. The van der Waals surface area contributed by atoms with Crippen molar-refractivity contribution in [2.24, 2.45) is 0 Å². The lowest BCUT2D eigenvalue weighted by molar-refractivity contribution is -0.196. The maximum Gasteiger partial charge on any atom is 0.340 e. The molecular formula is C9H14O5. The van der Waals surface area contributed by atoms with Gasteiger partial charge in [0.15, 0.2) is 11.4 Å². The number of fused-ring (bicyclic) bond motifs is 1. The number of rotatable bonds is 0. The lowest BCUT2D eigenvalue weighted by Crippen LogP contribution is -2.57. The Morgan fingerprint density at radius 2 is 2.00 bits per heavy atom. The van der Waals surface area contributed by atoms with Crippen molar-refractivity contribution in [2.75, 3.05) is 6.61 Å². The van der Waals surface area contributed by atoms with Gasteiger partial charge in [-0.05, 0) is 20.8 Å². The van der Waals surface area contributed by atoms with E-state index in [1.165, 1.54) is 6.92 Å². The first-order valence-corrected chi connectivity index (χ1v) is 4.58. The number of cyclic esters (lactones) is 1. The highest BCUT2D eigenvalue weighted by molar-refractivity contribution is 5.80. The van der Waals surface area contributed by atoms with E-state index in [-0.39, 0.29) is 12.7 Å². The number of esters is 1. The van der Waals surface area contributed by atoms with Gasteiger partial charge >= 0.3 is 5.97 Å². The Hall–Kier alpha value is -0.650. The Morgan fingerprint density at radius 1 is 1.36 bits per heavy atom. The van der Waals surface area contributed by atoms with Crippen molar-refractivity contribution >= 4 is 5.97 Å². The van der Waals surface area contributed by atoms with Crippen LogP contribution in [0.1, 0.15) is 20.8 Å². The second-order valence-corrected chi connectivity index (χ2v) is 4.34. The lowest BCUT2D eigenvalue weighted by Gasteiger charge is -2.34. The molecule has 1 N–H and O–H groups in total. The van der Waals surface area contributed by atoms with Crippen molar-refractivity contribution in [3.8, 4) is 0 Å². The fourth-order valence-electron chi connectivity index (χ4n) is 1.85. The summed E-state index contributed by atoms with van der Waals surface area (Å²) in [6, 6.07) is 0. The normalized spacial score (nSPS) is 45.9. The van der Waals surface area contributed by atoms with Crippen molar-refractivity contribution in [3.05, 3.63) is 0 Å². The molecule has 0 unspecified atom stereocenters. The minimum atomic E-state index is -1.61. The van der Waals surface area contributed by atoms with E-state index in [9.17, 15) is 9.90 Å². The number of carbonyl (C=O) groups is 1. The first-order valence-electron chi connectivity index (χ1n) is 4.58. The molecular weight excluding hydrogens is 188 g/mol. The van der Waals surface area contributed by atoms with Gasteiger partial charge in [0.1, 0.15) is 18.8 Å². The topological polar surface area (TPSA) is 65.0 Å². The van der Waals surface area contributed by atoms with Crippen molar-refractivity contribution < 1.29 is 24.1 Å². The van der Waals surface area contributed by atoms with Crippen LogP contribution >= 0.6 is 0 Å². The minimum Gasteiger partial charge on any atom is -0.461 e. The Bertz CT molecular complexity index is 270. The Morgan fingerprint density at radius 3 is 2.64 bits per heavy atom. The van der Waals surface area contributed by atoms with Gasteiger partial charge in [-0.1, -0.05) is 0 Å². The minimum absolute atomic E-state index is 0.142. The van der Waals surface area contributed by atoms with Crippen LogP contribution in [0.2, 0.25) is 0 Å². The maximum atomic E-state index is 11.3. The number of hydrogen-bond donors (Lipinski definition) is 1. The molecule has 2 aliphatic rings. The molecule has 2 fully saturated rings. The molecule has 0 aromatic heterocycles. The molecule has 0 radical (unpaired) electrons. The fraction of sp³-hybridized carbons (Fsp3) is 0.889. The summed E-state index contributed by atoms with van der Waals surface area (Å²) < 4.78 is 15.7. The summed E-state index contributed by atoms with van der Waals surface area (Å²) in [4.78, 5) is 11.3. The molecule has 0 aromatic rings. The summed E-state index contributed by atoms with van der Waals surface area (Å²) in [7, 11) is 0. The van der Waals surface area contributed by atoms with Crippen LogP contribution in [0, 0.1) is 0 Å². The Kier molecular flexibility index (Phi) is 1.90. The van der Waals surface area contributed by atoms with Crippen molar-refractivity contribution in [1.82, 2.24) is 0 Å². The molecule has 0 aliphatic carbocycles. The molecule has 0 aromatic carbocycles. The predicted octanol–water partition coefficient (Wildman–Crippen LogP) is -0.186. The van der Waals surface area contributed by atoms with Gasteiger partial charge in [-0.15, -0.1) is 0 Å². The van der Waals surface area contributed by atoms with Crippen molar-refractivity contribution in [1.29, 1.82) is 0 Å². The van der Waals surface area contributed by atoms with Crippen LogP contribution in [0.4, 0.5) is 0 Å². The average molecular weight is 202 g/mol. The summed E-state index contributed by atoms with van der Waals surface area (Å²) in [6.45, 7) is 5.01. The first-order chi connectivity index (χ1) is 6.33. The van der Waals surface area contributed by atoms with Gasteiger partial charge in [-0.3, -0.25) is 0 Å². The first kappa shape index (κ1) is 9.89. The van der Waals surface area contributed by atoms with Crippen LogP contribution in [0.25, 0.3) is 0 Å². The molecule has 5 nitrogen and oxygen atoms in total. The van der Waals surface area contributed by atoms with E-state index in [0.29, 0.717) is 0 Å². The molecule has 3 atom stereocenters. The van der Waals surface area contributed by atoms with Gasteiger partial charge in [0.2, 0.25) is 0 Å². The Balaban J connectivity index is 2.25. The van der Waals surface area contributed by atoms with Crippen LogP contribution in [0.5, 0.6) is 0 Å². The van der Waals surface area contributed by atoms with E-state index in [1.54, 1.807) is 13.8 Å². The van der Waals surface area contributed by atoms with Crippen LogP contribution in [0.3, 0.4) is 0 Å². The number of hydrogen-bond acceptors (Lipinski definition) is 5. The molecule has 2 aliphatic heterocycles. The summed E-state index contributed by atoms with van der Waals surface area (Å²) in [5.41, 5.74) is -1.61. The summed E-state index contributed by atoms with van der Waals surface area (Å²) in [5, 5.41) is 9.87. The second kappa shape index (κ2) is 2.68. The van der Waals surface area contributed by atoms with E-state index in [0.717, 1.165) is 0 Å². The molecule has 0 spiro atoms. The molecule has 5 heteroatoms. The maximum absolute atomic E-state index is 11.3. The highest BCUT2D eigenvalue weighted by atomic mass is 16.8. The van der Waals surface area contributed by atoms with Crippen LogP contribution in [-0.2, 0) is 19.0 Å². The summed E-state index contributed by atoms with van der Waals surface area (Å²) in [6.07, 6.45) is -1.02. The van der Waals surface area contributed by atoms with Gasteiger partial charge in [0, 0.05) is 0 Å². The van der Waals surface area contributed by atoms with Gasteiger partial charge in [-0.2, -0.15) is 0 Å². The summed E-state index contributed by atoms with van der Waals surface area (Å²) >= 11 is 0. The van der Waals surface area contributed by atoms with Crippen LogP contribution in [-0.4, -0.2) is 41.3 Å². The van der Waals surface area contributed by atoms with Crippen LogP contribution < -0.4 is 0 Å². The monoisotopic (exact) mass is 202 g/mol. The standard InChI is InChI=1S/C9H14O5/c1-8(2)13-5-4-12-7(10)9(3,11)6(5)14-8/h5-6,11H,4H2,1-3H3/t5-,6-,9+/m1/s1. The molecule has 14 heavy (non-hydrogen) atoms. The highest BCUT2D eigenvalue weighted by Crippen LogP contribution is 2.37. The number of aliphatic hydroxyl groups is 1. The third-order valence-corrected chi connectivity index (χ3v) is 2.53. The molecule has 80 valence electrons. The summed E-state index contributed by atoms with van der Waals surface area (Å²) in [5.74, 6) is -1.42. The quantitative estimate of drug-likeness (QED) is 0.552. The largest absolute Gasteiger partial charge is 0.461 e. The van der Waals surface area contributed by atoms with Crippen molar-refractivity contribution in [3.63, 3.8) is 0 Å². The Labute approximate surface area is 81.9 Å². The van der Waals surface area contributed by atoms with E-state index in [1.807, 2.05) is 0 Å². The predicted molar refractivity (Wildman–Crippen MR) is 45.4 cm³/mol. The molecule has 0 amide bonds. The average Bonchev–Trinajstić information content (AvgIpc) is 2.35. The van der Waals surface area contributed by atoms with E-state index in [2.05, 4.69) is 0 Å². The van der Waals surface area contributed by atoms with Gasteiger partial charge in [-0.25, -0.2) is 4.79 Å². The number of carbonyl (C=O) groups excluding carboxylic acids is 1. The molecule has 2 heterocycles. The molecule has 0 saturated carbocycles. The second-order valence-electron chi connectivity index (χ2n) is 4.34. The van der Waals surface area contributed by atoms with Gasteiger partial charge in [0.05, 0.1) is 0 Å². The third-order valence-electron chi connectivity index (χ3n) is 2.53. The molecule has 2 rings (SSSR count). The van der Waals surface area contributed by atoms with Gasteiger partial charge in [0.25, 0.3) is 0 Å². The zero-order valence-electron chi connectivity index (χ0n) is 8.44. The van der Waals surface area contributed by atoms with E-state index >= 15 is 0 Å². The number of ether oxygens (including phenoxy) is 3. The zero-order valence-corrected chi connectivity index (χ0v) is 8.44. The highest BCUT2D eigenvalue weighted by Gasteiger charge is 2.57. The van der Waals surface area contributed by atoms with Gasteiger partial charge < -0.3 is 19.3 Å². The fourth-order valence-corrected chi connectivity index (χ4v) is 1.85. The van der Waals surface area contributed by atoms with Crippen molar-refractivity contribution in [2.45, 2.75) is 44.4 Å². The molecule has 0 bridgehead atoms. The third kappa shape index (κ3) is 1.32. The SMILES string of the molecule is CC1(C)O[C@@H]2[C@@H](COC(=O)[C@@]2(C)O)O1. The van der Waals surface area contributed by atoms with E-state index in [4.69, 9.17) is 14.2 Å². The zero-order chi connectivity index (χ0) is 10.6.